The molecule has 0 radical (unpaired) electrons. The third-order valence-corrected chi connectivity index (χ3v) is 7.88. The lowest BCUT2D eigenvalue weighted by Crippen LogP contribution is -2.48. The Bertz CT molecular complexity index is 1330. The first-order chi connectivity index (χ1) is 19.3. The van der Waals surface area contributed by atoms with Crippen LogP contribution in [0, 0.1) is 0 Å². The molecule has 39 heavy (non-hydrogen) atoms. The third kappa shape index (κ3) is 7.52. The van der Waals surface area contributed by atoms with Crippen LogP contribution in [0.3, 0.4) is 0 Å². The lowest BCUT2D eigenvalue weighted by Gasteiger charge is -2.37. The normalized spacial score (nSPS) is 19.6. The Kier molecular flexibility index (Phi) is 9.71. The Morgan fingerprint density at radius 1 is 0.615 bits per heavy atom. The quantitative estimate of drug-likeness (QED) is 0.208. The summed E-state index contributed by atoms with van der Waals surface area (Å²) in [7, 11) is -1.49. The molecule has 0 fully saturated rings. The van der Waals surface area contributed by atoms with E-state index in [4.69, 9.17) is 18.9 Å². The van der Waals surface area contributed by atoms with Crippen molar-refractivity contribution >= 4 is 10.8 Å². The second-order valence-corrected chi connectivity index (χ2v) is 10.7. The van der Waals surface area contributed by atoms with E-state index < -0.39 is 29.1 Å². The van der Waals surface area contributed by atoms with E-state index in [1.165, 1.54) is 0 Å². The first-order valence-corrected chi connectivity index (χ1v) is 14.2. The molecule has 1 unspecified atom stereocenters. The van der Waals surface area contributed by atoms with Crippen LogP contribution in [-0.2, 0) is 49.6 Å². The van der Waals surface area contributed by atoms with Crippen LogP contribution < -0.4 is 0 Å². The van der Waals surface area contributed by atoms with Crippen molar-refractivity contribution in [2.45, 2.75) is 43.0 Å². The van der Waals surface area contributed by atoms with Gasteiger partial charge in [0.25, 0.3) is 0 Å². The van der Waals surface area contributed by atoms with E-state index in [1.807, 2.05) is 121 Å². The van der Waals surface area contributed by atoms with Crippen molar-refractivity contribution in [1.82, 2.24) is 0 Å². The molecule has 0 spiro atoms. The van der Waals surface area contributed by atoms with Gasteiger partial charge in [0.15, 0.2) is 6.10 Å². The molecule has 4 aromatic carbocycles. The molecule has 5 rings (SSSR count). The molecule has 0 aliphatic carbocycles. The van der Waals surface area contributed by atoms with Gasteiger partial charge in [0, 0.05) is 4.90 Å². The van der Waals surface area contributed by atoms with Crippen molar-refractivity contribution in [1.29, 1.82) is 0 Å². The van der Waals surface area contributed by atoms with Gasteiger partial charge in [-0.1, -0.05) is 109 Å². The van der Waals surface area contributed by atoms with Crippen LogP contribution in [0.4, 0.5) is 0 Å². The zero-order valence-corrected chi connectivity index (χ0v) is 22.5. The fourth-order valence-electron chi connectivity index (χ4n) is 4.39. The molecule has 1 heterocycles. The summed E-state index contributed by atoms with van der Waals surface area (Å²) in [5.41, 5.74) is 3.13. The Labute approximate surface area is 232 Å². The standard InChI is InChI=1S/C33H32O5S/c34-39(29-19-11-4-12-20-29)31-25-36-30(24-35-21-26-13-5-1-6-14-26)32(37-22-27-15-7-2-8-16-27)33(31)38-23-28-17-9-3-10-18-28/h1-20,25,30,32-33H,21-24H2/t30-,32-,33-,39?/m1/s1. The smallest absolute Gasteiger partial charge is 0.150 e. The van der Waals surface area contributed by atoms with E-state index in [-0.39, 0.29) is 0 Å². The van der Waals surface area contributed by atoms with E-state index in [9.17, 15) is 4.21 Å². The maximum atomic E-state index is 13.7. The van der Waals surface area contributed by atoms with Gasteiger partial charge in [-0.25, -0.2) is 4.21 Å². The molecule has 1 aliphatic rings. The number of ether oxygens (including phenoxy) is 4. The summed E-state index contributed by atoms with van der Waals surface area (Å²) >= 11 is 0. The predicted molar refractivity (Wildman–Crippen MR) is 152 cm³/mol. The van der Waals surface area contributed by atoms with Gasteiger partial charge in [0.05, 0.1) is 48.4 Å². The maximum Gasteiger partial charge on any atom is 0.150 e. The fraction of sp³-hybridized carbons (Fsp3) is 0.212. The maximum absolute atomic E-state index is 13.7. The zero-order valence-electron chi connectivity index (χ0n) is 21.6. The van der Waals surface area contributed by atoms with Crippen LogP contribution in [0.1, 0.15) is 16.7 Å². The van der Waals surface area contributed by atoms with Crippen LogP contribution in [0.25, 0.3) is 0 Å². The minimum absolute atomic E-state index is 0.293. The highest BCUT2D eigenvalue weighted by atomic mass is 32.2. The molecular weight excluding hydrogens is 508 g/mol. The van der Waals surface area contributed by atoms with Crippen molar-refractivity contribution < 1.29 is 23.2 Å². The molecule has 0 N–H and O–H groups in total. The van der Waals surface area contributed by atoms with Crippen LogP contribution in [0.2, 0.25) is 0 Å². The van der Waals surface area contributed by atoms with Gasteiger partial charge in [0.2, 0.25) is 0 Å². The van der Waals surface area contributed by atoms with Gasteiger partial charge in [0.1, 0.15) is 12.2 Å². The minimum atomic E-state index is -1.49. The SMILES string of the molecule is O=S(C1=CO[C@H](COCc2ccccc2)[C@@H](OCc2ccccc2)[C@@H]1OCc1ccccc1)c1ccccc1. The van der Waals surface area contributed by atoms with Gasteiger partial charge in [-0.05, 0) is 28.8 Å². The Hall–Kier alpha value is -3.55. The molecule has 6 heteroatoms. The molecule has 0 amide bonds. The van der Waals surface area contributed by atoms with Gasteiger partial charge in [-0.15, -0.1) is 0 Å². The Morgan fingerprint density at radius 3 is 1.67 bits per heavy atom. The van der Waals surface area contributed by atoms with Crippen molar-refractivity contribution in [3.63, 3.8) is 0 Å². The molecule has 0 saturated heterocycles. The third-order valence-electron chi connectivity index (χ3n) is 6.43. The molecule has 0 aromatic heterocycles. The molecule has 1 aliphatic heterocycles. The zero-order chi connectivity index (χ0) is 26.7. The summed E-state index contributed by atoms with van der Waals surface area (Å²) in [4.78, 5) is 1.22. The highest BCUT2D eigenvalue weighted by Crippen LogP contribution is 2.31. The summed E-state index contributed by atoms with van der Waals surface area (Å²) in [6, 6.07) is 39.3. The van der Waals surface area contributed by atoms with E-state index >= 15 is 0 Å². The lowest BCUT2D eigenvalue weighted by molar-refractivity contribution is -0.149. The number of rotatable bonds is 12. The first-order valence-electron chi connectivity index (χ1n) is 13.0. The largest absolute Gasteiger partial charge is 0.492 e. The van der Waals surface area contributed by atoms with Gasteiger partial charge < -0.3 is 18.9 Å². The van der Waals surface area contributed by atoms with Crippen LogP contribution >= 0.6 is 0 Å². The van der Waals surface area contributed by atoms with Crippen molar-refractivity contribution in [3.05, 3.63) is 149 Å². The summed E-state index contributed by atoms with van der Waals surface area (Å²) < 4.78 is 39.0. The molecule has 4 atom stereocenters. The summed E-state index contributed by atoms with van der Waals surface area (Å²) in [6.07, 6.45) is -0.0152. The van der Waals surface area contributed by atoms with Crippen LogP contribution in [0.15, 0.2) is 137 Å². The molecule has 4 aromatic rings. The van der Waals surface area contributed by atoms with E-state index in [0.29, 0.717) is 36.2 Å². The van der Waals surface area contributed by atoms with Crippen molar-refractivity contribution in [2.75, 3.05) is 6.61 Å². The second kappa shape index (κ2) is 14.0. The van der Waals surface area contributed by atoms with E-state index in [2.05, 4.69) is 0 Å². The number of hydrogen-bond donors (Lipinski definition) is 0. The van der Waals surface area contributed by atoms with E-state index in [0.717, 1.165) is 16.7 Å². The second-order valence-electron chi connectivity index (χ2n) is 9.26. The highest BCUT2D eigenvalue weighted by Gasteiger charge is 2.41. The molecule has 200 valence electrons. The first kappa shape index (κ1) is 27.0. The molecule has 0 saturated carbocycles. The molecule has 0 bridgehead atoms. The van der Waals surface area contributed by atoms with E-state index in [1.54, 1.807) is 6.26 Å². The van der Waals surface area contributed by atoms with Gasteiger partial charge in [-0.3, -0.25) is 0 Å². The average Bonchev–Trinajstić information content (AvgIpc) is 3.01. The predicted octanol–water partition coefficient (Wildman–Crippen LogP) is 6.42. The highest BCUT2D eigenvalue weighted by molar-refractivity contribution is 7.89. The van der Waals surface area contributed by atoms with Gasteiger partial charge in [-0.2, -0.15) is 0 Å². The lowest BCUT2D eigenvalue weighted by atomic mass is 10.1. The Balaban J connectivity index is 1.40. The van der Waals surface area contributed by atoms with Crippen LogP contribution in [0.5, 0.6) is 0 Å². The fourth-order valence-corrected chi connectivity index (χ4v) is 5.62. The van der Waals surface area contributed by atoms with Crippen molar-refractivity contribution in [2.24, 2.45) is 0 Å². The summed E-state index contributed by atoms with van der Waals surface area (Å²) in [5, 5.41) is 0. The number of benzene rings is 4. The Morgan fingerprint density at radius 2 is 1.10 bits per heavy atom. The summed E-state index contributed by atoms with van der Waals surface area (Å²) in [5.74, 6) is 0. The average molecular weight is 541 g/mol. The minimum Gasteiger partial charge on any atom is -0.492 e. The molecule has 5 nitrogen and oxygen atoms in total. The monoisotopic (exact) mass is 540 g/mol. The topological polar surface area (TPSA) is 54.0 Å². The summed E-state index contributed by atoms with van der Waals surface area (Å²) in [6.45, 7) is 1.45. The van der Waals surface area contributed by atoms with Gasteiger partial charge >= 0.3 is 0 Å². The molecular formula is C33H32O5S. The van der Waals surface area contributed by atoms with Crippen molar-refractivity contribution in [3.8, 4) is 0 Å². The number of hydrogen-bond acceptors (Lipinski definition) is 5. The van der Waals surface area contributed by atoms with Crippen LogP contribution in [-0.4, -0.2) is 29.1 Å².